The van der Waals surface area contributed by atoms with E-state index in [4.69, 9.17) is 4.74 Å². The second-order valence-corrected chi connectivity index (χ2v) is 8.79. The van der Waals surface area contributed by atoms with Gasteiger partial charge < -0.3 is 19.6 Å². The van der Waals surface area contributed by atoms with Gasteiger partial charge in [0.05, 0.1) is 11.6 Å². The molecule has 0 saturated heterocycles. The first kappa shape index (κ1) is 25.9. The molecule has 1 amide bonds. The number of hydrogen-bond donors (Lipinski definition) is 1. The standard InChI is InChI=1S/C31H32N2O4/c1-3-32(4-2)20-21-33-29(24-14-11-17-26(22-24)37-25-15-9-6-10-16-25)28(30(35)31(33)36)27(34)19-18-23-12-7-5-8-13-23/h5-19,22,29,35H,3-4,20-21H2,1-2H3. The Labute approximate surface area is 218 Å². The largest absolute Gasteiger partial charge is 0.503 e. The smallest absolute Gasteiger partial charge is 0.290 e. The molecule has 1 aliphatic heterocycles. The molecule has 0 radical (unpaired) electrons. The summed E-state index contributed by atoms with van der Waals surface area (Å²) in [6.07, 6.45) is 3.11. The van der Waals surface area contributed by atoms with Crippen molar-refractivity contribution in [3.05, 3.63) is 113 Å². The summed E-state index contributed by atoms with van der Waals surface area (Å²) < 4.78 is 6.01. The number of hydrogen-bond acceptors (Lipinski definition) is 5. The molecule has 4 rings (SSSR count). The van der Waals surface area contributed by atoms with Crippen LogP contribution >= 0.6 is 0 Å². The molecule has 0 fully saturated rings. The molecule has 3 aromatic rings. The molecule has 0 spiro atoms. The number of ether oxygens (including phenoxy) is 1. The monoisotopic (exact) mass is 496 g/mol. The summed E-state index contributed by atoms with van der Waals surface area (Å²) in [4.78, 5) is 30.4. The minimum atomic E-state index is -0.727. The molecule has 0 aliphatic carbocycles. The first-order chi connectivity index (χ1) is 18.0. The Hall–Kier alpha value is -4.16. The van der Waals surface area contributed by atoms with Gasteiger partial charge in [-0.05, 0) is 54.6 Å². The van der Waals surface area contributed by atoms with Crippen LogP contribution in [-0.2, 0) is 9.59 Å². The van der Waals surface area contributed by atoms with Crippen molar-refractivity contribution in [2.45, 2.75) is 19.9 Å². The van der Waals surface area contributed by atoms with E-state index in [2.05, 4.69) is 18.7 Å². The topological polar surface area (TPSA) is 70.1 Å². The van der Waals surface area contributed by atoms with Crippen LogP contribution in [0.25, 0.3) is 6.08 Å². The van der Waals surface area contributed by atoms with Crippen molar-refractivity contribution in [3.63, 3.8) is 0 Å². The fourth-order valence-corrected chi connectivity index (χ4v) is 4.47. The van der Waals surface area contributed by atoms with Crippen LogP contribution in [0.4, 0.5) is 0 Å². The summed E-state index contributed by atoms with van der Waals surface area (Å²) in [6.45, 7) is 6.82. The van der Waals surface area contributed by atoms with E-state index in [1.807, 2.05) is 84.9 Å². The predicted octanol–water partition coefficient (Wildman–Crippen LogP) is 5.80. The average Bonchev–Trinajstić information content (AvgIpc) is 3.19. The Morgan fingerprint density at radius 3 is 2.27 bits per heavy atom. The molecule has 3 aromatic carbocycles. The minimum absolute atomic E-state index is 0.0774. The van der Waals surface area contributed by atoms with Crippen LogP contribution in [0.1, 0.15) is 31.0 Å². The number of carbonyl (C=O) groups excluding carboxylic acids is 2. The highest BCUT2D eigenvalue weighted by Crippen LogP contribution is 2.39. The zero-order chi connectivity index (χ0) is 26.2. The van der Waals surface area contributed by atoms with Crippen LogP contribution in [-0.4, -0.2) is 52.8 Å². The van der Waals surface area contributed by atoms with Crippen molar-refractivity contribution in [2.24, 2.45) is 0 Å². The number of allylic oxidation sites excluding steroid dienone is 1. The Morgan fingerprint density at radius 1 is 0.946 bits per heavy atom. The van der Waals surface area contributed by atoms with Gasteiger partial charge in [0.2, 0.25) is 0 Å². The lowest BCUT2D eigenvalue weighted by Crippen LogP contribution is -2.38. The number of aliphatic hydroxyl groups excluding tert-OH is 1. The Morgan fingerprint density at radius 2 is 1.59 bits per heavy atom. The summed E-state index contributed by atoms with van der Waals surface area (Å²) in [5, 5.41) is 10.9. The summed E-state index contributed by atoms with van der Waals surface area (Å²) in [5.41, 5.74) is 1.63. The average molecular weight is 497 g/mol. The van der Waals surface area contributed by atoms with Crippen LogP contribution in [0.2, 0.25) is 0 Å². The number of ketones is 1. The highest BCUT2D eigenvalue weighted by molar-refractivity contribution is 6.14. The van der Waals surface area contributed by atoms with Crippen molar-refractivity contribution >= 4 is 17.8 Å². The quantitative estimate of drug-likeness (QED) is 0.340. The van der Waals surface area contributed by atoms with Gasteiger partial charge in [0.15, 0.2) is 11.5 Å². The lowest BCUT2D eigenvalue weighted by Gasteiger charge is -2.29. The van der Waals surface area contributed by atoms with Gasteiger partial charge in [-0.2, -0.15) is 0 Å². The van der Waals surface area contributed by atoms with E-state index >= 15 is 0 Å². The van der Waals surface area contributed by atoms with E-state index in [0.717, 1.165) is 18.7 Å². The van der Waals surface area contributed by atoms with Gasteiger partial charge in [0.1, 0.15) is 11.5 Å². The van der Waals surface area contributed by atoms with Crippen LogP contribution in [0.5, 0.6) is 11.5 Å². The summed E-state index contributed by atoms with van der Waals surface area (Å²) in [5.74, 6) is -0.178. The fourth-order valence-electron chi connectivity index (χ4n) is 4.47. The Balaban J connectivity index is 1.68. The molecule has 0 saturated carbocycles. The molecule has 0 bridgehead atoms. The third-order valence-electron chi connectivity index (χ3n) is 6.50. The number of para-hydroxylation sites is 1. The molecule has 1 atom stereocenters. The third-order valence-corrected chi connectivity index (χ3v) is 6.50. The molecular weight excluding hydrogens is 464 g/mol. The number of likely N-dealkylation sites (N-methyl/N-ethyl adjacent to an activating group) is 1. The molecule has 0 aromatic heterocycles. The van der Waals surface area contributed by atoms with Gasteiger partial charge in [-0.1, -0.05) is 80.6 Å². The molecule has 1 unspecified atom stereocenters. The van der Waals surface area contributed by atoms with Crippen molar-refractivity contribution in [1.29, 1.82) is 0 Å². The van der Waals surface area contributed by atoms with Gasteiger partial charge in [-0.15, -0.1) is 0 Å². The van der Waals surface area contributed by atoms with E-state index in [0.29, 0.717) is 30.2 Å². The van der Waals surface area contributed by atoms with E-state index in [9.17, 15) is 14.7 Å². The van der Waals surface area contributed by atoms with Gasteiger partial charge in [-0.25, -0.2) is 0 Å². The second-order valence-electron chi connectivity index (χ2n) is 8.79. The van der Waals surface area contributed by atoms with E-state index in [1.54, 1.807) is 11.0 Å². The van der Waals surface area contributed by atoms with Crippen molar-refractivity contribution in [2.75, 3.05) is 26.2 Å². The summed E-state index contributed by atoms with van der Waals surface area (Å²) >= 11 is 0. The maximum absolute atomic E-state index is 13.4. The zero-order valence-electron chi connectivity index (χ0n) is 21.2. The number of aliphatic hydroxyl groups is 1. The highest BCUT2D eigenvalue weighted by atomic mass is 16.5. The van der Waals surface area contributed by atoms with Gasteiger partial charge in [-0.3, -0.25) is 9.59 Å². The number of rotatable bonds is 11. The van der Waals surface area contributed by atoms with E-state index < -0.39 is 23.5 Å². The van der Waals surface area contributed by atoms with Crippen molar-refractivity contribution in [3.8, 4) is 11.5 Å². The van der Waals surface area contributed by atoms with Gasteiger partial charge in [0, 0.05) is 13.1 Å². The molecule has 1 aliphatic rings. The molecule has 6 nitrogen and oxygen atoms in total. The fraction of sp³-hybridized carbons (Fsp3) is 0.226. The highest BCUT2D eigenvalue weighted by Gasteiger charge is 2.42. The van der Waals surface area contributed by atoms with E-state index in [-0.39, 0.29) is 5.57 Å². The molecule has 37 heavy (non-hydrogen) atoms. The molecule has 6 heteroatoms. The number of nitrogens with zero attached hydrogens (tertiary/aromatic N) is 2. The summed E-state index contributed by atoms with van der Waals surface area (Å²) in [7, 11) is 0. The predicted molar refractivity (Wildman–Crippen MR) is 145 cm³/mol. The van der Waals surface area contributed by atoms with Gasteiger partial charge in [0.25, 0.3) is 5.91 Å². The Kier molecular flexibility index (Phi) is 8.54. The first-order valence-corrected chi connectivity index (χ1v) is 12.6. The molecule has 190 valence electrons. The lowest BCUT2D eigenvalue weighted by molar-refractivity contribution is -0.129. The van der Waals surface area contributed by atoms with Crippen LogP contribution in [0, 0.1) is 0 Å². The third kappa shape index (κ3) is 6.16. The number of carbonyl (C=O) groups is 2. The van der Waals surface area contributed by atoms with E-state index in [1.165, 1.54) is 6.08 Å². The number of benzene rings is 3. The second kappa shape index (κ2) is 12.2. The maximum atomic E-state index is 13.4. The van der Waals surface area contributed by atoms with Crippen molar-refractivity contribution < 1.29 is 19.4 Å². The SMILES string of the molecule is CCN(CC)CCN1C(=O)C(O)=C(C(=O)C=Cc2ccccc2)C1c1cccc(Oc2ccccc2)c1. The molecule has 1 heterocycles. The first-order valence-electron chi connectivity index (χ1n) is 12.6. The Bertz CT molecular complexity index is 1280. The van der Waals surface area contributed by atoms with Crippen LogP contribution in [0.3, 0.4) is 0 Å². The molecular formula is C31H32N2O4. The maximum Gasteiger partial charge on any atom is 0.290 e. The zero-order valence-corrected chi connectivity index (χ0v) is 21.2. The van der Waals surface area contributed by atoms with Crippen LogP contribution < -0.4 is 4.74 Å². The lowest BCUT2D eigenvalue weighted by atomic mass is 9.95. The van der Waals surface area contributed by atoms with Crippen molar-refractivity contribution in [1.82, 2.24) is 9.80 Å². The summed E-state index contributed by atoms with van der Waals surface area (Å²) in [6, 6.07) is 25.5. The van der Waals surface area contributed by atoms with Gasteiger partial charge >= 0.3 is 0 Å². The normalized spacial score (nSPS) is 15.7. The molecule has 1 N–H and O–H groups in total. The van der Waals surface area contributed by atoms with Crippen LogP contribution in [0.15, 0.2) is 102 Å². The minimum Gasteiger partial charge on any atom is -0.503 e. The number of amides is 1.